The van der Waals surface area contributed by atoms with Crippen LogP contribution in [0.15, 0.2) is 72.8 Å². The normalized spacial score (nSPS) is 11.1. The molecule has 2 rings (SSSR count). The van der Waals surface area contributed by atoms with Gasteiger partial charge in [-0.15, -0.1) is 0 Å². The lowest BCUT2D eigenvalue weighted by molar-refractivity contribution is 0.352. The largest absolute Gasteiger partial charge is 0.489 e. The van der Waals surface area contributed by atoms with E-state index in [0.717, 1.165) is 28.2 Å². The van der Waals surface area contributed by atoms with Crippen molar-refractivity contribution in [3.8, 4) is 11.5 Å². The van der Waals surface area contributed by atoms with Gasteiger partial charge in [0.15, 0.2) is 0 Å². The van der Waals surface area contributed by atoms with E-state index in [2.05, 4.69) is 50.4 Å². The van der Waals surface area contributed by atoms with Crippen LogP contribution in [-0.2, 0) is 0 Å². The van der Waals surface area contributed by atoms with Crippen molar-refractivity contribution in [3.05, 3.63) is 84.0 Å². The van der Waals surface area contributed by atoms with E-state index in [1.54, 1.807) is 0 Å². The molecule has 0 spiro atoms. The molecule has 2 aromatic rings. The average Bonchev–Trinajstić information content (AvgIpc) is 2.59. The highest BCUT2D eigenvalue weighted by Crippen LogP contribution is 2.22. The number of ether oxygens (including phenoxy) is 2. The first-order valence-corrected chi connectivity index (χ1v) is 8.37. The van der Waals surface area contributed by atoms with Gasteiger partial charge < -0.3 is 9.47 Å². The predicted molar refractivity (Wildman–Crippen MR) is 107 cm³/mol. The molecule has 0 aliphatic heterocycles. The van der Waals surface area contributed by atoms with Crippen LogP contribution in [-0.4, -0.2) is 13.2 Å². The molecule has 0 saturated carbocycles. The second-order valence-corrected chi connectivity index (χ2v) is 6.41. The van der Waals surface area contributed by atoms with Crippen molar-refractivity contribution in [2.45, 2.75) is 20.8 Å². The highest BCUT2D eigenvalue weighted by atomic mass is 16.5. The van der Waals surface area contributed by atoms with Crippen molar-refractivity contribution in [1.82, 2.24) is 0 Å². The molecule has 0 unspecified atom stereocenters. The minimum absolute atomic E-state index is 0.550. The summed E-state index contributed by atoms with van der Waals surface area (Å²) >= 11 is 0. The lowest BCUT2D eigenvalue weighted by Crippen LogP contribution is -1.97. The predicted octanol–water partition coefficient (Wildman–Crippen LogP) is 6.16. The van der Waals surface area contributed by atoms with Crippen molar-refractivity contribution in [2.24, 2.45) is 0 Å². The molecule has 0 heterocycles. The van der Waals surface area contributed by atoms with Gasteiger partial charge in [-0.25, -0.2) is 0 Å². The molecule has 130 valence electrons. The van der Waals surface area contributed by atoms with Gasteiger partial charge in [-0.05, 0) is 72.9 Å². The SMILES string of the molecule is C=C(C)COc1ccc(/C=C(\C)c2ccc(OCC(=C)C)cc2)cc1. The van der Waals surface area contributed by atoms with Gasteiger partial charge in [0, 0.05) is 0 Å². The maximum atomic E-state index is 5.63. The smallest absolute Gasteiger partial charge is 0.119 e. The standard InChI is InChI=1S/C23H26O2/c1-17(2)15-24-22-10-6-20(7-11-22)14-19(5)21-8-12-23(13-9-21)25-16-18(3)4/h6-14H,1,3,15-16H2,2,4-5H3/b19-14+. The number of hydrogen-bond acceptors (Lipinski definition) is 2. The Bertz CT molecular complexity index is 750. The number of rotatable bonds is 8. The van der Waals surface area contributed by atoms with E-state index in [4.69, 9.17) is 9.47 Å². The molecule has 0 amide bonds. The molecule has 0 N–H and O–H groups in total. The van der Waals surface area contributed by atoms with Crippen LogP contribution >= 0.6 is 0 Å². The molecular weight excluding hydrogens is 308 g/mol. The zero-order chi connectivity index (χ0) is 18.2. The third kappa shape index (κ3) is 6.34. The quantitative estimate of drug-likeness (QED) is 0.425. The second kappa shape index (κ2) is 8.93. The molecule has 2 nitrogen and oxygen atoms in total. The second-order valence-electron chi connectivity index (χ2n) is 6.41. The maximum absolute atomic E-state index is 5.63. The van der Waals surface area contributed by atoms with Crippen molar-refractivity contribution < 1.29 is 9.47 Å². The molecule has 0 bridgehead atoms. The van der Waals surface area contributed by atoms with Crippen LogP contribution < -0.4 is 9.47 Å². The highest BCUT2D eigenvalue weighted by Gasteiger charge is 2.00. The Balaban J connectivity index is 2.02. The fraction of sp³-hybridized carbons (Fsp3) is 0.217. The van der Waals surface area contributed by atoms with E-state index in [-0.39, 0.29) is 0 Å². The molecule has 0 saturated heterocycles. The van der Waals surface area contributed by atoms with E-state index in [1.165, 1.54) is 11.1 Å². The molecule has 2 heteroatoms. The number of allylic oxidation sites excluding steroid dienone is 1. The molecule has 0 aliphatic rings. The molecule has 0 aromatic heterocycles. The van der Waals surface area contributed by atoms with Crippen LogP contribution in [0, 0.1) is 0 Å². The minimum atomic E-state index is 0.550. The topological polar surface area (TPSA) is 18.5 Å². The Hall–Kier alpha value is -2.74. The lowest BCUT2D eigenvalue weighted by Gasteiger charge is -2.08. The summed E-state index contributed by atoms with van der Waals surface area (Å²) in [6.07, 6.45) is 2.16. The van der Waals surface area contributed by atoms with Gasteiger partial charge in [-0.2, -0.15) is 0 Å². The van der Waals surface area contributed by atoms with E-state index < -0.39 is 0 Å². The summed E-state index contributed by atoms with van der Waals surface area (Å²) < 4.78 is 11.3. The first-order chi connectivity index (χ1) is 11.9. The van der Waals surface area contributed by atoms with Crippen LogP contribution in [0.5, 0.6) is 11.5 Å². The summed E-state index contributed by atoms with van der Waals surface area (Å²) in [5, 5.41) is 0. The Morgan fingerprint density at radius 3 is 1.64 bits per heavy atom. The summed E-state index contributed by atoms with van der Waals surface area (Å²) in [5.74, 6) is 1.72. The van der Waals surface area contributed by atoms with Crippen LogP contribution in [0.4, 0.5) is 0 Å². The van der Waals surface area contributed by atoms with Crippen molar-refractivity contribution in [1.29, 1.82) is 0 Å². The van der Waals surface area contributed by atoms with Gasteiger partial charge in [-0.1, -0.05) is 43.5 Å². The van der Waals surface area contributed by atoms with Crippen LogP contribution in [0.3, 0.4) is 0 Å². The van der Waals surface area contributed by atoms with Crippen LogP contribution in [0.1, 0.15) is 31.9 Å². The monoisotopic (exact) mass is 334 g/mol. The summed E-state index contributed by atoms with van der Waals surface area (Å²) in [4.78, 5) is 0. The lowest BCUT2D eigenvalue weighted by atomic mass is 10.0. The van der Waals surface area contributed by atoms with Gasteiger partial charge in [0.1, 0.15) is 24.7 Å². The van der Waals surface area contributed by atoms with Crippen LogP contribution in [0.25, 0.3) is 11.6 Å². The minimum Gasteiger partial charge on any atom is -0.489 e. The molecule has 2 aromatic carbocycles. The first-order valence-electron chi connectivity index (χ1n) is 8.37. The van der Waals surface area contributed by atoms with Gasteiger partial charge >= 0.3 is 0 Å². The molecule has 0 aliphatic carbocycles. The Labute approximate surface area is 151 Å². The van der Waals surface area contributed by atoms with Crippen molar-refractivity contribution in [3.63, 3.8) is 0 Å². The Kier molecular flexibility index (Phi) is 6.64. The Morgan fingerprint density at radius 1 is 0.760 bits per heavy atom. The number of hydrogen-bond donors (Lipinski definition) is 0. The maximum Gasteiger partial charge on any atom is 0.119 e. The van der Waals surface area contributed by atoms with E-state index in [1.807, 2.05) is 38.1 Å². The van der Waals surface area contributed by atoms with Gasteiger partial charge in [-0.3, -0.25) is 0 Å². The number of benzene rings is 2. The van der Waals surface area contributed by atoms with E-state index >= 15 is 0 Å². The van der Waals surface area contributed by atoms with E-state index in [9.17, 15) is 0 Å². The third-order valence-electron chi connectivity index (χ3n) is 3.54. The first kappa shape index (κ1) is 18.6. The molecule has 25 heavy (non-hydrogen) atoms. The summed E-state index contributed by atoms with van der Waals surface area (Å²) in [6.45, 7) is 14.8. The molecule has 0 atom stereocenters. The average molecular weight is 334 g/mol. The molecular formula is C23H26O2. The fourth-order valence-electron chi connectivity index (χ4n) is 2.22. The van der Waals surface area contributed by atoms with Gasteiger partial charge in [0.05, 0.1) is 0 Å². The highest BCUT2D eigenvalue weighted by molar-refractivity contribution is 5.80. The van der Waals surface area contributed by atoms with E-state index in [0.29, 0.717) is 13.2 Å². The zero-order valence-electron chi connectivity index (χ0n) is 15.3. The molecule has 0 fully saturated rings. The Morgan fingerprint density at radius 2 is 1.20 bits per heavy atom. The zero-order valence-corrected chi connectivity index (χ0v) is 15.3. The summed E-state index contributed by atoms with van der Waals surface area (Å²) in [5.41, 5.74) is 5.53. The third-order valence-corrected chi connectivity index (χ3v) is 3.54. The fourth-order valence-corrected chi connectivity index (χ4v) is 2.22. The summed E-state index contributed by atoms with van der Waals surface area (Å²) in [7, 11) is 0. The van der Waals surface area contributed by atoms with Crippen molar-refractivity contribution in [2.75, 3.05) is 13.2 Å². The van der Waals surface area contributed by atoms with Gasteiger partial charge in [0.25, 0.3) is 0 Å². The van der Waals surface area contributed by atoms with Crippen LogP contribution in [0.2, 0.25) is 0 Å². The molecule has 0 radical (unpaired) electrons. The van der Waals surface area contributed by atoms with Gasteiger partial charge in [0.2, 0.25) is 0 Å². The van der Waals surface area contributed by atoms with Crippen molar-refractivity contribution >= 4 is 11.6 Å². The summed E-state index contributed by atoms with van der Waals surface area (Å²) in [6, 6.07) is 16.2.